The number of H-pyrrole nitrogens is 1. The first-order chi connectivity index (χ1) is 15.5. The van der Waals surface area contributed by atoms with Gasteiger partial charge >= 0.3 is 0 Å². The third kappa shape index (κ3) is 4.55. The van der Waals surface area contributed by atoms with Crippen LogP contribution in [0.1, 0.15) is 41.4 Å². The fraction of sp³-hybridized carbons (Fsp3) is 0.375. The van der Waals surface area contributed by atoms with Crippen LogP contribution in [0.2, 0.25) is 0 Å². The number of hydrogen-bond acceptors (Lipinski definition) is 4. The summed E-state index contributed by atoms with van der Waals surface area (Å²) in [6.45, 7) is 5.54. The molecular formula is C24H26F2N4O2. The Morgan fingerprint density at radius 1 is 1.09 bits per heavy atom. The number of amides is 1. The van der Waals surface area contributed by atoms with Crippen LogP contribution in [0, 0.1) is 11.6 Å². The highest BCUT2D eigenvalue weighted by Crippen LogP contribution is 2.22. The standard InChI is InChI=1S/C24H26F2N4O2/c1-2-3-8-29-9-11-30(12-10-29)24(32)19-13-16(14-20(25)22(19)26)15-21-17-6-4-5-7-18(17)23(31)28-27-21/h4-7,13-14H,2-3,8-12,15H2,1H3,(H,28,31). The summed E-state index contributed by atoms with van der Waals surface area (Å²) in [5.74, 6) is -2.70. The number of halogens is 2. The van der Waals surface area contributed by atoms with Crippen LogP contribution in [0.5, 0.6) is 0 Å². The molecule has 4 rings (SSSR count). The summed E-state index contributed by atoms with van der Waals surface area (Å²) in [7, 11) is 0. The highest BCUT2D eigenvalue weighted by Gasteiger charge is 2.26. The average Bonchev–Trinajstić information content (AvgIpc) is 2.82. The Morgan fingerprint density at radius 3 is 2.53 bits per heavy atom. The minimum absolute atomic E-state index is 0.152. The maximum absolute atomic E-state index is 14.6. The van der Waals surface area contributed by atoms with Crippen molar-refractivity contribution in [3.63, 3.8) is 0 Å². The van der Waals surface area contributed by atoms with E-state index in [1.165, 1.54) is 6.07 Å². The van der Waals surface area contributed by atoms with Crippen molar-refractivity contribution in [2.24, 2.45) is 0 Å². The van der Waals surface area contributed by atoms with E-state index in [0.717, 1.165) is 38.5 Å². The summed E-state index contributed by atoms with van der Waals surface area (Å²) in [5, 5.41) is 7.65. The molecule has 0 bridgehead atoms. The monoisotopic (exact) mass is 440 g/mol. The SMILES string of the molecule is CCCCN1CCN(C(=O)c2cc(Cc3n[nH]c(=O)c4ccccc34)cc(F)c2F)CC1. The predicted octanol–water partition coefficient (Wildman–Crippen LogP) is 3.35. The zero-order chi connectivity index (χ0) is 22.7. The Balaban J connectivity index is 1.57. The molecule has 1 fully saturated rings. The van der Waals surface area contributed by atoms with Gasteiger partial charge in [0.1, 0.15) is 0 Å². The minimum atomic E-state index is -1.13. The molecule has 1 aliphatic rings. The average molecular weight is 440 g/mol. The summed E-state index contributed by atoms with van der Waals surface area (Å²) in [6, 6.07) is 9.45. The lowest BCUT2D eigenvalue weighted by atomic mass is 10.0. The van der Waals surface area contributed by atoms with E-state index in [0.29, 0.717) is 35.1 Å². The molecule has 0 spiro atoms. The van der Waals surface area contributed by atoms with Crippen LogP contribution in [0.25, 0.3) is 10.8 Å². The third-order valence-electron chi connectivity index (χ3n) is 5.95. The smallest absolute Gasteiger partial charge is 0.272 e. The molecular weight excluding hydrogens is 414 g/mol. The summed E-state index contributed by atoms with van der Waals surface area (Å²) < 4.78 is 29.0. The van der Waals surface area contributed by atoms with Gasteiger partial charge in [0.05, 0.1) is 16.6 Å². The van der Waals surface area contributed by atoms with Crippen LogP contribution in [0.15, 0.2) is 41.2 Å². The Morgan fingerprint density at radius 2 is 1.81 bits per heavy atom. The molecule has 1 aromatic heterocycles. The van der Waals surface area contributed by atoms with E-state index in [1.54, 1.807) is 29.2 Å². The largest absolute Gasteiger partial charge is 0.336 e. The topological polar surface area (TPSA) is 69.3 Å². The summed E-state index contributed by atoms with van der Waals surface area (Å²) in [5.41, 5.74) is 0.354. The zero-order valence-corrected chi connectivity index (χ0v) is 18.0. The molecule has 2 heterocycles. The van der Waals surface area contributed by atoms with Gasteiger partial charge in [-0.15, -0.1) is 0 Å². The number of nitrogens with zero attached hydrogens (tertiary/aromatic N) is 3. The first-order valence-electron chi connectivity index (χ1n) is 10.9. The number of unbranched alkanes of at least 4 members (excludes halogenated alkanes) is 1. The van der Waals surface area contributed by atoms with Crippen molar-refractivity contribution in [3.8, 4) is 0 Å². The molecule has 0 unspecified atom stereocenters. The number of fused-ring (bicyclic) bond motifs is 1. The van der Waals surface area contributed by atoms with Crippen molar-refractivity contribution >= 4 is 16.7 Å². The molecule has 1 amide bonds. The molecule has 1 aliphatic heterocycles. The molecule has 2 aromatic carbocycles. The van der Waals surface area contributed by atoms with Gasteiger partial charge in [0, 0.05) is 38.0 Å². The molecule has 8 heteroatoms. The molecule has 1 N–H and O–H groups in total. The van der Waals surface area contributed by atoms with E-state index >= 15 is 0 Å². The number of aromatic nitrogens is 2. The van der Waals surface area contributed by atoms with E-state index in [-0.39, 0.29) is 17.5 Å². The molecule has 0 atom stereocenters. The zero-order valence-electron chi connectivity index (χ0n) is 18.0. The van der Waals surface area contributed by atoms with Crippen LogP contribution >= 0.6 is 0 Å². The molecule has 168 valence electrons. The van der Waals surface area contributed by atoms with E-state index in [2.05, 4.69) is 22.0 Å². The minimum Gasteiger partial charge on any atom is -0.336 e. The number of rotatable bonds is 6. The number of benzene rings is 2. The third-order valence-corrected chi connectivity index (χ3v) is 5.95. The highest BCUT2D eigenvalue weighted by atomic mass is 19.2. The Labute approximate surface area is 184 Å². The summed E-state index contributed by atoms with van der Waals surface area (Å²) in [4.78, 5) is 28.9. The first kappa shape index (κ1) is 22.1. The van der Waals surface area contributed by atoms with Gasteiger partial charge in [-0.25, -0.2) is 13.9 Å². The van der Waals surface area contributed by atoms with Crippen molar-refractivity contribution in [2.45, 2.75) is 26.2 Å². The lowest BCUT2D eigenvalue weighted by Crippen LogP contribution is -2.49. The number of carbonyl (C=O) groups excluding carboxylic acids is 1. The Kier molecular flexibility index (Phi) is 6.60. The molecule has 0 radical (unpaired) electrons. The quantitative estimate of drug-likeness (QED) is 0.638. The molecule has 32 heavy (non-hydrogen) atoms. The lowest BCUT2D eigenvalue weighted by Gasteiger charge is -2.34. The number of aromatic amines is 1. The second kappa shape index (κ2) is 9.56. The van der Waals surface area contributed by atoms with E-state index in [9.17, 15) is 18.4 Å². The van der Waals surface area contributed by atoms with Crippen molar-refractivity contribution in [3.05, 3.63) is 75.2 Å². The number of nitrogens with one attached hydrogen (secondary N) is 1. The van der Waals surface area contributed by atoms with E-state index < -0.39 is 17.5 Å². The molecule has 3 aromatic rings. The number of piperazine rings is 1. The van der Waals surface area contributed by atoms with Crippen LogP contribution in [-0.2, 0) is 6.42 Å². The molecule has 0 aliphatic carbocycles. The van der Waals surface area contributed by atoms with Gasteiger partial charge in [-0.2, -0.15) is 5.10 Å². The fourth-order valence-electron chi connectivity index (χ4n) is 4.13. The number of carbonyl (C=O) groups is 1. The summed E-state index contributed by atoms with van der Waals surface area (Å²) >= 11 is 0. The predicted molar refractivity (Wildman–Crippen MR) is 119 cm³/mol. The molecule has 1 saturated heterocycles. The summed E-state index contributed by atoms with van der Waals surface area (Å²) in [6.07, 6.45) is 2.36. The number of hydrogen-bond donors (Lipinski definition) is 1. The second-order valence-electron chi connectivity index (χ2n) is 8.15. The van der Waals surface area contributed by atoms with Crippen molar-refractivity contribution in [1.29, 1.82) is 0 Å². The second-order valence-corrected chi connectivity index (χ2v) is 8.15. The van der Waals surface area contributed by atoms with Crippen LogP contribution in [0.4, 0.5) is 8.78 Å². The van der Waals surface area contributed by atoms with Gasteiger partial charge in [-0.3, -0.25) is 14.5 Å². The maximum Gasteiger partial charge on any atom is 0.272 e. The van der Waals surface area contributed by atoms with Crippen LogP contribution < -0.4 is 5.56 Å². The Hall–Kier alpha value is -3.13. The van der Waals surface area contributed by atoms with Gasteiger partial charge in [-0.1, -0.05) is 31.5 Å². The van der Waals surface area contributed by atoms with Gasteiger partial charge in [-0.05, 0) is 36.7 Å². The van der Waals surface area contributed by atoms with Gasteiger partial charge in [0.15, 0.2) is 11.6 Å². The molecule has 0 saturated carbocycles. The van der Waals surface area contributed by atoms with E-state index in [4.69, 9.17) is 0 Å². The van der Waals surface area contributed by atoms with Crippen molar-refractivity contribution in [1.82, 2.24) is 20.0 Å². The van der Waals surface area contributed by atoms with Gasteiger partial charge < -0.3 is 4.90 Å². The first-order valence-corrected chi connectivity index (χ1v) is 10.9. The maximum atomic E-state index is 14.6. The lowest BCUT2D eigenvalue weighted by molar-refractivity contribution is 0.0630. The van der Waals surface area contributed by atoms with E-state index in [1.807, 2.05) is 0 Å². The fourth-order valence-corrected chi connectivity index (χ4v) is 4.13. The van der Waals surface area contributed by atoms with Gasteiger partial charge in [0.2, 0.25) is 0 Å². The van der Waals surface area contributed by atoms with Crippen molar-refractivity contribution in [2.75, 3.05) is 32.7 Å². The normalized spacial score (nSPS) is 14.8. The molecule has 6 nitrogen and oxygen atoms in total. The highest BCUT2D eigenvalue weighted by molar-refractivity contribution is 5.95. The Bertz CT molecular complexity index is 1190. The van der Waals surface area contributed by atoms with Crippen LogP contribution in [0.3, 0.4) is 0 Å². The van der Waals surface area contributed by atoms with Gasteiger partial charge in [0.25, 0.3) is 11.5 Å². The van der Waals surface area contributed by atoms with Crippen LogP contribution in [-0.4, -0.2) is 58.6 Å². The van der Waals surface area contributed by atoms with Crippen molar-refractivity contribution < 1.29 is 13.6 Å².